The Kier molecular flexibility index (Phi) is 5.23. The van der Waals surface area contributed by atoms with Crippen LogP contribution in [0, 0.1) is 13.8 Å². The quantitative estimate of drug-likeness (QED) is 0.585. The maximum Gasteiger partial charge on any atom is 0.377 e. The van der Waals surface area contributed by atoms with Crippen LogP contribution in [0.4, 0.5) is 0 Å². The molecule has 1 aliphatic rings. The Morgan fingerprint density at radius 2 is 2.16 bits per heavy atom. The van der Waals surface area contributed by atoms with Gasteiger partial charge in [-0.1, -0.05) is 6.07 Å². The van der Waals surface area contributed by atoms with E-state index in [9.17, 15) is 9.59 Å². The highest BCUT2D eigenvalue weighted by Gasteiger charge is 2.21. The standard InChI is InChI=1S/C18H19NO5S/c1-12-8-15(13(2)19(12)9-14-4-3-7-25-14)16(20)10-24-18(21)17-11-22-5-6-23-17/h3-4,7-8,11H,5-6,9-10H2,1-2H3. The Balaban J connectivity index is 1.66. The van der Waals surface area contributed by atoms with Crippen molar-refractivity contribution in [3.63, 3.8) is 0 Å². The van der Waals surface area contributed by atoms with Gasteiger partial charge in [0.15, 0.2) is 6.61 Å². The number of thiophene rings is 1. The van der Waals surface area contributed by atoms with Crippen LogP contribution in [-0.2, 0) is 25.5 Å². The molecule has 0 radical (unpaired) electrons. The van der Waals surface area contributed by atoms with Crippen LogP contribution in [0.15, 0.2) is 35.6 Å². The molecule has 0 N–H and O–H groups in total. The van der Waals surface area contributed by atoms with E-state index in [1.807, 2.05) is 31.4 Å². The number of hydrogen-bond donors (Lipinski definition) is 0. The highest BCUT2D eigenvalue weighted by molar-refractivity contribution is 7.09. The summed E-state index contributed by atoms with van der Waals surface area (Å²) in [5.74, 6) is -0.945. The molecular formula is C18H19NO5S. The third kappa shape index (κ3) is 3.93. The molecule has 3 rings (SSSR count). The summed E-state index contributed by atoms with van der Waals surface area (Å²) in [6, 6.07) is 5.90. The summed E-state index contributed by atoms with van der Waals surface area (Å²) in [5.41, 5.74) is 2.42. The predicted octanol–water partition coefficient (Wildman–Crippen LogP) is 2.83. The second-order valence-electron chi connectivity index (χ2n) is 5.65. The lowest BCUT2D eigenvalue weighted by atomic mass is 10.1. The Morgan fingerprint density at radius 3 is 2.84 bits per heavy atom. The smallest absolute Gasteiger partial charge is 0.377 e. The lowest BCUT2D eigenvalue weighted by Gasteiger charge is -2.14. The maximum absolute atomic E-state index is 12.4. The monoisotopic (exact) mass is 361 g/mol. The van der Waals surface area contributed by atoms with E-state index in [2.05, 4.69) is 10.6 Å². The minimum absolute atomic E-state index is 0.0118. The van der Waals surface area contributed by atoms with Crippen molar-refractivity contribution < 1.29 is 23.8 Å². The van der Waals surface area contributed by atoms with Crippen molar-refractivity contribution in [2.24, 2.45) is 0 Å². The average Bonchev–Trinajstić information content (AvgIpc) is 3.24. The van der Waals surface area contributed by atoms with E-state index in [1.165, 1.54) is 11.1 Å². The first-order valence-corrected chi connectivity index (χ1v) is 8.78. The highest BCUT2D eigenvalue weighted by atomic mass is 32.1. The van der Waals surface area contributed by atoms with Gasteiger partial charge in [0.2, 0.25) is 11.5 Å². The van der Waals surface area contributed by atoms with Crippen LogP contribution in [0.5, 0.6) is 0 Å². The largest absolute Gasteiger partial charge is 0.493 e. The molecule has 0 spiro atoms. The van der Waals surface area contributed by atoms with Gasteiger partial charge < -0.3 is 18.8 Å². The molecular weight excluding hydrogens is 342 g/mol. The second-order valence-corrected chi connectivity index (χ2v) is 6.68. The number of carbonyl (C=O) groups is 2. The molecule has 0 saturated heterocycles. The molecule has 0 bridgehead atoms. The molecule has 6 nitrogen and oxygen atoms in total. The molecule has 1 aliphatic heterocycles. The van der Waals surface area contributed by atoms with Crippen molar-refractivity contribution in [3.8, 4) is 0 Å². The summed E-state index contributed by atoms with van der Waals surface area (Å²) in [6.07, 6.45) is 1.21. The summed E-state index contributed by atoms with van der Waals surface area (Å²) in [5, 5.41) is 2.03. The Bertz CT molecular complexity index is 804. The van der Waals surface area contributed by atoms with Crippen LogP contribution >= 0.6 is 11.3 Å². The summed E-state index contributed by atoms with van der Waals surface area (Å²) in [6.45, 7) is 4.94. The number of nitrogens with zero attached hydrogens (tertiary/aromatic N) is 1. The summed E-state index contributed by atoms with van der Waals surface area (Å²) in [7, 11) is 0. The van der Waals surface area contributed by atoms with Gasteiger partial charge in [-0.05, 0) is 31.4 Å². The number of ketones is 1. The van der Waals surface area contributed by atoms with Crippen LogP contribution in [0.25, 0.3) is 0 Å². The first-order valence-electron chi connectivity index (χ1n) is 7.90. The van der Waals surface area contributed by atoms with Crippen LogP contribution < -0.4 is 0 Å². The van der Waals surface area contributed by atoms with E-state index in [4.69, 9.17) is 14.2 Å². The Labute approximate surface area is 149 Å². The summed E-state index contributed by atoms with van der Waals surface area (Å²) >= 11 is 1.68. The number of aromatic nitrogens is 1. The van der Waals surface area contributed by atoms with Gasteiger partial charge >= 0.3 is 5.97 Å². The molecule has 0 saturated carbocycles. The lowest BCUT2D eigenvalue weighted by Crippen LogP contribution is -2.20. The molecule has 0 fully saturated rings. The normalized spacial score (nSPS) is 13.6. The van der Waals surface area contributed by atoms with Gasteiger partial charge in [0.05, 0.1) is 6.54 Å². The SMILES string of the molecule is Cc1cc(C(=O)COC(=O)C2=COCCO2)c(C)n1Cc1cccs1. The van der Waals surface area contributed by atoms with Crippen LogP contribution in [0.1, 0.15) is 26.6 Å². The molecule has 0 amide bonds. The van der Waals surface area contributed by atoms with Crippen molar-refractivity contribution in [2.75, 3.05) is 19.8 Å². The molecule has 132 valence electrons. The molecule has 0 aromatic carbocycles. The first-order chi connectivity index (χ1) is 12.1. The molecule has 0 aliphatic carbocycles. The number of Topliss-reactive ketones (excluding diaryl/α,β-unsaturated/α-hetero) is 1. The molecule has 0 unspecified atom stereocenters. The third-order valence-electron chi connectivity index (χ3n) is 3.95. The Hall–Kier alpha value is -2.54. The summed E-state index contributed by atoms with van der Waals surface area (Å²) < 4.78 is 17.3. The highest BCUT2D eigenvalue weighted by Crippen LogP contribution is 2.20. The maximum atomic E-state index is 12.4. The molecule has 2 aromatic rings. The van der Waals surface area contributed by atoms with Gasteiger partial charge in [0, 0.05) is 21.8 Å². The topological polar surface area (TPSA) is 66.8 Å². The second kappa shape index (κ2) is 7.57. The predicted molar refractivity (Wildman–Crippen MR) is 92.6 cm³/mol. The van der Waals surface area contributed by atoms with Crippen LogP contribution in [0.2, 0.25) is 0 Å². The van der Waals surface area contributed by atoms with E-state index >= 15 is 0 Å². The fourth-order valence-corrected chi connectivity index (χ4v) is 3.33. The van der Waals surface area contributed by atoms with Crippen molar-refractivity contribution in [1.29, 1.82) is 0 Å². The molecule has 7 heteroatoms. The zero-order valence-electron chi connectivity index (χ0n) is 14.1. The number of carbonyl (C=O) groups excluding carboxylic acids is 2. The van der Waals surface area contributed by atoms with Gasteiger partial charge in [-0.25, -0.2) is 4.79 Å². The molecule has 2 aromatic heterocycles. The van der Waals surface area contributed by atoms with Gasteiger partial charge in [-0.15, -0.1) is 11.3 Å². The zero-order valence-corrected chi connectivity index (χ0v) is 14.9. The average molecular weight is 361 g/mol. The van der Waals surface area contributed by atoms with E-state index in [0.29, 0.717) is 18.8 Å². The Morgan fingerprint density at radius 1 is 1.32 bits per heavy atom. The van der Waals surface area contributed by atoms with E-state index < -0.39 is 5.97 Å². The van der Waals surface area contributed by atoms with Crippen molar-refractivity contribution in [2.45, 2.75) is 20.4 Å². The zero-order chi connectivity index (χ0) is 17.8. The van der Waals surface area contributed by atoms with Crippen molar-refractivity contribution in [1.82, 2.24) is 4.57 Å². The number of esters is 1. The van der Waals surface area contributed by atoms with Crippen LogP contribution in [-0.4, -0.2) is 36.1 Å². The fraction of sp³-hybridized carbons (Fsp3) is 0.333. The first kappa shape index (κ1) is 17.3. The molecule has 0 atom stereocenters. The number of aryl methyl sites for hydroxylation is 1. The molecule has 3 heterocycles. The van der Waals surface area contributed by atoms with Gasteiger partial charge in [0.1, 0.15) is 19.5 Å². The number of hydrogen-bond acceptors (Lipinski definition) is 6. The molecule has 25 heavy (non-hydrogen) atoms. The lowest BCUT2D eigenvalue weighted by molar-refractivity contribution is -0.143. The van der Waals surface area contributed by atoms with E-state index in [1.54, 1.807) is 11.3 Å². The van der Waals surface area contributed by atoms with E-state index in [-0.39, 0.29) is 18.1 Å². The minimum Gasteiger partial charge on any atom is -0.493 e. The van der Waals surface area contributed by atoms with Gasteiger partial charge in [-0.3, -0.25) is 4.79 Å². The van der Waals surface area contributed by atoms with Gasteiger partial charge in [0.25, 0.3) is 0 Å². The number of rotatable bonds is 6. The van der Waals surface area contributed by atoms with Gasteiger partial charge in [-0.2, -0.15) is 0 Å². The fourth-order valence-electron chi connectivity index (χ4n) is 2.64. The van der Waals surface area contributed by atoms with E-state index in [0.717, 1.165) is 17.9 Å². The van der Waals surface area contributed by atoms with Crippen molar-refractivity contribution >= 4 is 23.1 Å². The summed E-state index contributed by atoms with van der Waals surface area (Å²) in [4.78, 5) is 25.5. The third-order valence-corrected chi connectivity index (χ3v) is 4.81. The van der Waals surface area contributed by atoms with Crippen molar-refractivity contribution in [3.05, 3.63) is 57.4 Å². The minimum atomic E-state index is -0.694. The van der Waals surface area contributed by atoms with Crippen LogP contribution in [0.3, 0.4) is 0 Å². The number of ether oxygens (including phenoxy) is 3.